The molecule has 0 spiro atoms. The van der Waals surface area contributed by atoms with E-state index in [0.29, 0.717) is 6.42 Å². The molecular formula is C47H85NO8. The third-order valence-electron chi connectivity index (χ3n) is 10.6. The highest BCUT2D eigenvalue weighted by molar-refractivity contribution is 5.76. The third-order valence-corrected chi connectivity index (χ3v) is 10.6. The first-order chi connectivity index (χ1) is 27.3. The van der Waals surface area contributed by atoms with Crippen LogP contribution in [0.4, 0.5) is 0 Å². The van der Waals surface area contributed by atoms with Gasteiger partial charge in [-0.25, -0.2) is 0 Å². The molecule has 56 heavy (non-hydrogen) atoms. The van der Waals surface area contributed by atoms with E-state index >= 15 is 0 Å². The Morgan fingerprint density at radius 3 is 1.70 bits per heavy atom. The maximum Gasteiger partial charge on any atom is 0.220 e. The van der Waals surface area contributed by atoms with Gasteiger partial charge in [0.1, 0.15) is 24.4 Å². The topological polar surface area (TPSA) is 149 Å². The van der Waals surface area contributed by atoms with Gasteiger partial charge in [0.2, 0.25) is 5.91 Å². The van der Waals surface area contributed by atoms with E-state index in [1.54, 1.807) is 6.08 Å². The summed E-state index contributed by atoms with van der Waals surface area (Å²) >= 11 is 0. The molecule has 0 aromatic carbocycles. The van der Waals surface area contributed by atoms with E-state index < -0.39 is 49.5 Å². The summed E-state index contributed by atoms with van der Waals surface area (Å²) in [5.41, 5.74) is 0. The zero-order valence-corrected chi connectivity index (χ0v) is 35.6. The van der Waals surface area contributed by atoms with Crippen molar-refractivity contribution in [3.8, 4) is 0 Å². The van der Waals surface area contributed by atoms with E-state index in [-0.39, 0.29) is 12.5 Å². The monoisotopic (exact) mass is 792 g/mol. The molecule has 1 aliphatic heterocycles. The molecule has 326 valence electrons. The van der Waals surface area contributed by atoms with Crippen molar-refractivity contribution in [2.24, 2.45) is 0 Å². The van der Waals surface area contributed by atoms with Gasteiger partial charge in [0.25, 0.3) is 0 Å². The Morgan fingerprint density at radius 1 is 0.625 bits per heavy atom. The fraction of sp³-hybridized carbons (Fsp3) is 0.809. The van der Waals surface area contributed by atoms with Crippen molar-refractivity contribution in [2.75, 3.05) is 13.2 Å². The highest BCUT2D eigenvalue weighted by atomic mass is 16.7. The van der Waals surface area contributed by atoms with Crippen LogP contribution in [0.25, 0.3) is 0 Å². The van der Waals surface area contributed by atoms with Crippen LogP contribution in [0.15, 0.2) is 48.6 Å². The van der Waals surface area contributed by atoms with Crippen LogP contribution in [0, 0.1) is 0 Å². The summed E-state index contributed by atoms with van der Waals surface area (Å²) in [4.78, 5) is 12.9. The lowest BCUT2D eigenvalue weighted by molar-refractivity contribution is -0.302. The average Bonchev–Trinajstić information content (AvgIpc) is 3.20. The number of aliphatic hydroxyl groups is 5. The minimum atomic E-state index is -1.57. The van der Waals surface area contributed by atoms with E-state index in [4.69, 9.17) is 9.47 Å². The molecule has 9 nitrogen and oxygen atoms in total. The molecule has 1 amide bonds. The van der Waals surface area contributed by atoms with E-state index in [9.17, 15) is 30.3 Å². The number of aliphatic hydroxyl groups excluding tert-OH is 5. The third kappa shape index (κ3) is 27.7. The molecule has 6 N–H and O–H groups in total. The average molecular weight is 792 g/mol. The summed E-state index contributed by atoms with van der Waals surface area (Å²) in [5.74, 6) is -0.190. The molecule has 1 fully saturated rings. The van der Waals surface area contributed by atoms with Gasteiger partial charge >= 0.3 is 0 Å². The molecule has 1 rings (SSSR count). The van der Waals surface area contributed by atoms with Gasteiger partial charge in [-0.2, -0.15) is 0 Å². The van der Waals surface area contributed by atoms with Crippen LogP contribution in [0.5, 0.6) is 0 Å². The number of ether oxygens (including phenoxy) is 2. The lowest BCUT2D eigenvalue weighted by Crippen LogP contribution is -2.60. The van der Waals surface area contributed by atoms with Crippen molar-refractivity contribution >= 4 is 5.91 Å². The Bertz CT molecular complexity index is 1010. The molecule has 0 aliphatic carbocycles. The number of unbranched alkanes of at least 4 members (excludes halogenated alkanes) is 21. The maximum absolute atomic E-state index is 12.9. The molecule has 0 saturated carbocycles. The molecule has 0 aromatic heterocycles. The molecule has 0 bridgehead atoms. The predicted molar refractivity (Wildman–Crippen MR) is 230 cm³/mol. The van der Waals surface area contributed by atoms with Gasteiger partial charge in [-0.1, -0.05) is 172 Å². The van der Waals surface area contributed by atoms with Crippen LogP contribution >= 0.6 is 0 Å². The molecular weight excluding hydrogens is 707 g/mol. The van der Waals surface area contributed by atoms with Crippen LogP contribution in [-0.2, 0) is 14.3 Å². The van der Waals surface area contributed by atoms with Crippen molar-refractivity contribution in [1.82, 2.24) is 5.32 Å². The summed E-state index contributed by atoms with van der Waals surface area (Å²) in [7, 11) is 0. The van der Waals surface area contributed by atoms with Gasteiger partial charge in [0.15, 0.2) is 6.29 Å². The first-order valence-electron chi connectivity index (χ1n) is 22.9. The van der Waals surface area contributed by atoms with Crippen molar-refractivity contribution in [3.05, 3.63) is 48.6 Å². The standard InChI is InChI=1S/C47H85NO8/c1-3-5-7-9-11-13-15-17-18-19-20-21-22-23-24-25-27-29-31-33-35-37-43(51)48-40(39-55-47-46(54)45(53)44(52)42(38-49)56-47)41(50)36-34-32-30-28-26-16-14-12-10-8-6-4-2/h5,7,11,13,26,28,34,36,40-42,44-47,49-50,52-54H,3-4,6,8-10,12,14-25,27,29-33,35,37-39H2,1-2H3,(H,48,51)/b7-5-,13-11-,28-26+,36-34+. The zero-order chi connectivity index (χ0) is 40.9. The molecule has 7 unspecified atom stereocenters. The lowest BCUT2D eigenvalue weighted by Gasteiger charge is -2.40. The van der Waals surface area contributed by atoms with Crippen molar-refractivity contribution in [2.45, 2.75) is 230 Å². The Labute approximate surface area is 342 Å². The minimum Gasteiger partial charge on any atom is -0.394 e. The SMILES string of the molecule is CC/C=C\C/C=C\CCCCCCCCCCCCCCCCC(=O)NC(COC1OC(CO)C(O)C(O)C1O)C(O)/C=C/CC/C=C/CCCCCCCC. The quantitative estimate of drug-likeness (QED) is 0.0269. The number of hydrogen-bond acceptors (Lipinski definition) is 8. The summed E-state index contributed by atoms with van der Waals surface area (Å²) in [6.07, 6.45) is 40.2. The summed E-state index contributed by atoms with van der Waals surface area (Å²) in [6.45, 7) is 3.63. The summed E-state index contributed by atoms with van der Waals surface area (Å²) < 4.78 is 11.2. The smallest absolute Gasteiger partial charge is 0.220 e. The van der Waals surface area contributed by atoms with Gasteiger partial charge in [-0.15, -0.1) is 0 Å². The van der Waals surface area contributed by atoms with Gasteiger partial charge in [-0.3, -0.25) is 4.79 Å². The van der Waals surface area contributed by atoms with E-state index in [2.05, 4.69) is 55.6 Å². The lowest BCUT2D eigenvalue weighted by atomic mass is 9.99. The van der Waals surface area contributed by atoms with Gasteiger partial charge in [-0.05, 0) is 57.8 Å². The first-order valence-corrected chi connectivity index (χ1v) is 22.9. The molecule has 0 aromatic rings. The number of amides is 1. The summed E-state index contributed by atoms with van der Waals surface area (Å²) in [5, 5.41) is 54.1. The second kappa shape index (κ2) is 37.4. The molecule has 1 aliphatic rings. The van der Waals surface area contributed by atoms with E-state index in [1.165, 1.54) is 116 Å². The Kier molecular flexibility index (Phi) is 34.9. The first kappa shape index (κ1) is 52.2. The molecule has 0 radical (unpaired) electrons. The highest BCUT2D eigenvalue weighted by Crippen LogP contribution is 2.22. The molecule has 7 atom stereocenters. The fourth-order valence-electron chi connectivity index (χ4n) is 6.97. The molecule has 1 saturated heterocycles. The Hall–Kier alpha value is -1.85. The predicted octanol–water partition coefficient (Wildman–Crippen LogP) is 9.45. The largest absolute Gasteiger partial charge is 0.394 e. The van der Waals surface area contributed by atoms with E-state index in [1.807, 2.05) is 6.08 Å². The zero-order valence-electron chi connectivity index (χ0n) is 35.6. The summed E-state index contributed by atoms with van der Waals surface area (Å²) in [6, 6.07) is -0.820. The number of hydrogen-bond donors (Lipinski definition) is 6. The van der Waals surface area contributed by atoms with Crippen molar-refractivity contribution in [1.29, 1.82) is 0 Å². The van der Waals surface area contributed by atoms with Crippen LogP contribution in [-0.4, -0.2) is 87.5 Å². The second-order valence-corrected chi connectivity index (χ2v) is 15.8. The number of carbonyl (C=O) groups excluding carboxylic acids is 1. The van der Waals surface area contributed by atoms with Crippen LogP contribution in [0.3, 0.4) is 0 Å². The molecule has 1 heterocycles. The van der Waals surface area contributed by atoms with Crippen LogP contribution in [0.2, 0.25) is 0 Å². The Morgan fingerprint density at radius 2 is 1.12 bits per heavy atom. The minimum absolute atomic E-state index is 0.190. The van der Waals surface area contributed by atoms with Crippen LogP contribution < -0.4 is 5.32 Å². The normalized spacial score (nSPS) is 21.6. The fourth-order valence-corrected chi connectivity index (χ4v) is 6.97. The maximum atomic E-state index is 12.9. The van der Waals surface area contributed by atoms with Crippen molar-refractivity contribution < 1.29 is 39.8 Å². The second-order valence-electron chi connectivity index (χ2n) is 15.8. The number of allylic oxidation sites excluding steroid dienone is 7. The Balaban J connectivity index is 2.32. The van der Waals surface area contributed by atoms with Crippen LogP contribution in [0.1, 0.15) is 187 Å². The van der Waals surface area contributed by atoms with Gasteiger partial charge in [0.05, 0.1) is 25.4 Å². The van der Waals surface area contributed by atoms with Gasteiger partial charge in [0, 0.05) is 6.42 Å². The number of rotatable bonds is 37. The van der Waals surface area contributed by atoms with E-state index in [0.717, 1.165) is 51.4 Å². The number of carbonyl (C=O) groups is 1. The molecule has 9 heteroatoms. The highest BCUT2D eigenvalue weighted by Gasteiger charge is 2.44. The van der Waals surface area contributed by atoms with Gasteiger partial charge < -0.3 is 40.3 Å². The van der Waals surface area contributed by atoms with Crippen molar-refractivity contribution in [3.63, 3.8) is 0 Å². The number of nitrogens with one attached hydrogen (secondary N) is 1.